The lowest BCUT2D eigenvalue weighted by Gasteiger charge is -2.00. The van der Waals surface area contributed by atoms with Gasteiger partial charge in [-0.15, -0.1) is 0 Å². The molecule has 0 aromatic heterocycles. The fraction of sp³-hybridized carbons (Fsp3) is 0.567. The Balaban J connectivity index is 0.000000960. The molecule has 1 rings (SSSR count). The Bertz CT molecular complexity index is 653. The van der Waals surface area contributed by atoms with E-state index in [-0.39, 0.29) is 5.75 Å². The topological polar surface area (TPSA) is 46.5 Å². The van der Waals surface area contributed by atoms with E-state index in [1.54, 1.807) is 6.07 Å². The molecule has 0 aliphatic carbocycles. The van der Waals surface area contributed by atoms with E-state index in [9.17, 15) is 9.90 Å². The number of hydrogen-bond acceptors (Lipinski definition) is 3. The van der Waals surface area contributed by atoms with Crippen LogP contribution in [0.1, 0.15) is 114 Å². The molecule has 0 spiro atoms. The van der Waals surface area contributed by atoms with Gasteiger partial charge in [-0.05, 0) is 37.3 Å². The molecule has 1 N–H and O–H groups in total. The highest BCUT2D eigenvalue weighted by Crippen LogP contribution is 2.19. The van der Waals surface area contributed by atoms with Crippen LogP contribution in [0, 0.1) is 0 Å². The second-order valence-electron chi connectivity index (χ2n) is 8.30. The van der Waals surface area contributed by atoms with Gasteiger partial charge in [-0.3, -0.25) is 4.79 Å². The minimum absolute atomic E-state index is 0.0192. The van der Waals surface area contributed by atoms with Crippen molar-refractivity contribution >= 4 is 12.4 Å². The molecule has 0 bridgehead atoms. The lowest BCUT2D eigenvalue weighted by Crippen LogP contribution is -1.95. The van der Waals surface area contributed by atoms with Gasteiger partial charge in [-0.25, -0.2) is 0 Å². The predicted molar refractivity (Wildman–Crippen MR) is 144 cm³/mol. The molecule has 0 aliphatic heterocycles. The van der Waals surface area contributed by atoms with Crippen LogP contribution >= 0.6 is 0 Å². The number of carbonyl (C=O) groups excluding carboxylic acids is 1. The first-order valence-corrected chi connectivity index (χ1v) is 13.1. The van der Waals surface area contributed by atoms with E-state index in [4.69, 9.17) is 4.74 Å². The highest BCUT2D eigenvalue weighted by atomic mass is 16.5. The molecule has 0 saturated carbocycles. The zero-order chi connectivity index (χ0) is 24.4. The van der Waals surface area contributed by atoms with Crippen LogP contribution in [0.2, 0.25) is 0 Å². The quantitative estimate of drug-likeness (QED) is 0.136. The van der Waals surface area contributed by atoms with Crippen LogP contribution in [-0.2, 0) is 4.74 Å². The maximum absolute atomic E-state index is 11.0. The second-order valence-corrected chi connectivity index (χ2v) is 8.30. The van der Waals surface area contributed by atoms with Crippen molar-refractivity contribution in [2.45, 2.75) is 97.8 Å². The van der Waals surface area contributed by atoms with Crippen LogP contribution in [0.25, 0.3) is 6.08 Å². The van der Waals surface area contributed by atoms with Gasteiger partial charge >= 0.3 is 0 Å². The zero-order valence-electron chi connectivity index (χ0n) is 21.4. The number of rotatable bonds is 18. The summed E-state index contributed by atoms with van der Waals surface area (Å²) in [7, 11) is 0. The number of phenolic OH excluding ortho intramolecular Hbond substituents is 1. The van der Waals surface area contributed by atoms with E-state index in [0.717, 1.165) is 25.2 Å². The minimum Gasteiger partial charge on any atom is -0.507 e. The normalized spacial score (nSPS) is 11.4. The van der Waals surface area contributed by atoms with E-state index in [2.05, 4.69) is 32.9 Å². The van der Waals surface area contributed by atoms with Gasteiger partial charge in [-0.1, -0.05) is 121 Å². The number of phenols is 1. The highest BCUT2D eigenvalue weighted by molar-refractivity contribution is 5.85. The van der Waals surface area contributed by atoms with Gasteiger partial charge in [0, 0.05) is 13.2 Å². The number of ether oxygens (including phenoxy) is 1. The van der Waals surface area contributed by atoms with Gasteiger partial charge in [0.1, 0.15) is 5.75 Å². The third kappa shape index (κ3) is 19.1. The third-order valence-corrected chi connectivity index (χ3v) is 5.24. The Kier molecular flexibility index (Phi) is 22.9. The molecular weight excluding hydrogens is 408 g/mol. The first-order valence-electron chi connectivity index (χ1n) is 13.1. The molecule has 1 aromatic rings. The van der Waals surface area contributed by atoms with Crippen molar-refractivity contribution in [3.63, 3.8) is 0 Å². The van der Waals surface area contributed by atoms with E-state index in [1.165, 1.54) is 76.7 Å². The Morgan fingerprint density at radius 2 is 1.36 bits per heavy atom. The van der Waals surface area contributed by atoms with Crippen molar-refractivity contribution in [3.05, 3.63) is 59.7 Å². The number of allylic oxidation sites excluding steroid dienone is 5. The lowest BCUT2D eigenvalue weighted by molar-refractivity contribution is 0.112. The first kappa shape index (κ1) is 30.9. The Morgan fingerprint density at radius 3 is 2.00 bits per heavy atom. The van der Waals surface area contributed by atoms with Gasteiger partial charge in [-0.2, -0.15) is 0 Å². The molecule has 0 amide bonds. The van der Waals surface area contributed by atoms with Crippen LogP contribution in [0.15, 0.2) is 48.6 Å². The second kappa shape index (κ2) is 24.5. The van der Waals surface area contributed by atoms with Crippen molar-refractivity contribution in [3.8, 4) is 5.75 Å². The summed E-state index contributed by atoms with van der Waals surface area (Å²) in [5.74, 6) is 0.0192. The Hall–Kier alpha value is -2.13. The van der Waals surface area contributed by atoms with E-state index < -0.39 is 0 Å². The van der Waals surface area contributed by atoms with Gasteiger partial charge in [0.25, 0.3) is 0 Å². The van der Waals surface area contributed by atoms with Gasteiger partial charge in [0.2, 0.25) is 0 Å². The van der Waals surface area contributed by atoms with Crippen LogP contribution in [-0.4, -0.2) is 24.6 Å². The van der Waals surface area contributed by atoms with E-state index >= 15 is 0 Å². The third-order valence-electron chi connectivity index (χ3n) is 5.24. The molecule has 0 unspecified atom stereocenters. The summed E-state index contributed by atoms with van der Waals surface area (Å²) in [5, 5.41) is 9.60. The van der Waals surface area contributed by atoms with Crippen molar-refractivity contribution in [2.75, 3.05) is 13.2 Å². The van der Waals surface area contributed by atoms with Crippen molar-refractivity contribution < 1.29 is 14.6 Å². The van der Waals surface area contributed by atoms with E-state index in [0.29, 0.717) is 11.8 Å². The van der Waals surface area contributed by atoms with Crippen LogP contribution in [0.4, 0.5) is 0 Å². The minimum atomic E-state index is 0.0192. The zero-order valence-corrected chi connectivity index (χ0v) is 21.4. The molecule has 0 aliphatic rings. The molecule has 3 nitrogen and oxygen atoms in total. The number of benzene rings is 1. The summed E-state index contributed by atoms with van der Waals surface area (Å²) in [6, 6.07) is 5.06. The average Bonchev–Trinajstić information content (AvgIpc) is 2.82. The maximum Gasteiger partial charge on any atom is 0.154 e. The fourth-order valence-electron chi connectivity index (χ4n) is 3.12. The van der Waals surface area contributed by atoms with Gasteiger partial charge in [0.05, 0.1) is 5.56 Å². The predicted octanol–water partition coefficient (Wildman–Crippen LogP) is 9.07. The molecule has 0 radical (unpaired) electrons. The number of aldehydes is 1. The average molecular weight is 457 g/mol. The number of aromatic hydroxyl groups is 1. The lowest BCUT2D eigenvalue weighted by atomic mass is 10.1. The molecule has 0 saturated heterocycles. The summed E-state index contributed by atoms with van der Waals surface area (Å²) in [6.07, 6.45) is 28.0. The SMILES string of the molecule is CCCCCCCCCC=CC=CC=Cc1cccc(O)c1C=O.CCCCOCCCC. The molecule has 0 heterocycles. The number of unbranched alkanes of at least 4 members (excludes halogenated alkanes) is 9. The van der Waals surface area contributed by atoms with Crippen molar-refractivity contribution in [2.24, 2.45) is 0 Å². The number of hydrogen-bond donors (Lipinski definition) is 1. The summed E-state index contributed by atoms with van der Waals surface area (Å²) in [5.41, 5.74) is 1.05. The molecule has 0 atom stereocenters. The van der Waals surface area contributed by atoms with Crippen LogP contribution < -0.4 is 0 Å². The molecule has 1 aromatic carbocycles. The van der Waals surface area contributed by atoms with E-state index in [1.807, 2.05) is 30.4 Å². The smallest absolute Gasteiger partial charge is 0.154 e. The number of carbonyl (C=O) groups is 1. The molecule has 186 valence electrons. The highest BCUT2D eigenvalue weighted by Gasteiger charge is 2.02. The van der Waals surface area contributed by atoms with Crippen molar-refractivity contribution in [1.82, 2.24) is 0 Å². The largest absolute Gasteiger partial charge is 0.507 e. The molecule has 0 fully saturated rings. The monoisotopic (exact) mass is 456 g/mol. The van der Waals surface area contributed by atoms with Gasteiger partial charge < -0.3 is 9.84 Å². The summed E-state index contributed by atoms with van der Waals surface area (Å²) in [6.45, 7) is 8.53. The van der Waals surface area contributed by atoms with Crippen molar-refractivity contribution in [1.29, 1.82) is 0 Å². The van der Waals surface area contributed by atoms with Gasteiger partial charge in [0.15, 0.2) is 6.29 Å². The summed E-state index contributed by atoms with van der Waals surface area (Å²) >= 11 is 0. The summed E-state index contributed by atoms with van der Waals surface area (Å²) in [4.78, 5) is 11.0. The summed E-state index contributed by atoms with van der Waals surface area (Å²) < 4.78 is 5.31. The Labute approximate surface area is 203 Å². The molecular formula is C30H48O3. The maximum atomic E-state index is 11.0. The Morgan fingerprint density at radius 1 is 0.758 bits per heavy atom. The first-order chi connectivity index (χ1) is 16.2. The van der Waals surface area contributed by atoms with Crippen LogP contribution in [0.3, 0.4) is 0 Å². The molecule has 3 heteroatoms. The van der Waals surface area contributed by atoms with Crippen LogP contribution in [0.5, 0.6) is 5.75 Å². The fourth-order valence-corrected chi connectivity index (χ4v) is 3.12. The molecule has 33 heavy (non-hydrogen) atoms. The standard InChI is InChI=1S/C22H30O2.C8H18O/c1-2-3-4-5-6-7-8-9-10-11-12-13-14-16-20-17-15-18-22(24)21(20)19-23;1-3-5-7-9-8-6-4-2/h10-19,24H,2-9H2,1H3;3-8H2,1-2H3.